The van der Waals surface area contributed by atoms with Crippen molar-refractivity contribution in [2.75, 3.05) is 36.2 Å². The zero-order chi connectivity index (χ0) is 27.8. The molecule has 0 radical (unpaired) electrons. The molecule has 0 saturated carbocycles. The van der Waals surface area contributed by atoms with Crippen LogP contribution in [0.15, 0.2) is 59.8 Å². The van der Waals surface area contributed by atoms with Crippen LogP contribution in [-0.2, 0) is 14.8 Å². The fourth-order valence-corrected chi connectivity index (χ4v) is 3.60. The van der Waals surface area contributed by atoms with E-state index in [-0.39, 0.29) is 4.90 Å². The highest BCUT2D eigenvalue weighted by Gasteiger charge is 2.38. The molecule has 15 heteroatoms. The minimum absolute atomic E-state index is 0.161. The van der Waals surface area contributed by atoms with Crippen LogP contribution < -0.4 is 20.3 Å². The fraction of sp³-hybridized carbons (Fsp3) is 0.227. The number of carboxylic acid groups (broad SMARTS) is 1. The molecule has 0 unspecified atom stereocenters. The topological polar surface area (TPSA) is 137 Å². The fourth-order valence-electron chi connectivity index (χ4n) is 2.72. The number of anilines is 5. The molecule has 37 heavy (non-hydrogen) atoms. The van der Waals surface area contributed by atoms with E-state index in [1.165, 1.54) is 13.4 Å². The van der Waals surface area contributed by atoms with E-state index in [9.17, 15) is 21.6 Å². The Kier molecular flexibility index (Phi) is 10.1. The first-order valence-electron chi connectivity index (χ1n) is 10.5. The molecule has 0 aliphatic rings. The van der Waals surface area contributed by atoms with Crippen LogP contribution >= 0.6 is 11.6 Å². The molecule has 200 valence electrons. The number of aliphatic carboxylic acids is 1. The van der Waals surface area contributed by atoms with Crippen molar-refractivity contribution in [1.82, 2.24) is 14.7 Å². The number of nitrogens with one attached hydrogen (secondary N) is 3. The number of hydrogen-bond donors (Lipinski definition) is 4. The van der Waals surface area contributed by atoms with Crippen LogP contribution in [0.3, 0.4) is 0 Å². The van der Waals surface area contributed by atoms with Crippen LogP contribution in [-0.4, -0.2) is 56.3 Å². The number of sulfonamides is 1. The lowest BCUT2D eigenvalue weighted by Crippen LogP contribution is -2.21. The summed E-state index contributed by atoms with van der Waals surface area (Å²) in [6, 6.07) is 13.9. The predicted molar refractivity (Wildman–Crippen MR) is 135 cm³/mol. The van der Waals surface area contributed by atoms with Crippen molar-refractivity contribution >= 4 is 56.3 Å². The molecule has 0 saturated heterocycles. The van der Waals surface area contributed by atoms with Gasteiger partial charge >= 0.3 is 12.1 Å². The Bertz CT molecular complexity index is 1320. The molecule has 2 aromatic carbocycles. The number of nitrogens with zero attached hydrogens (tertiary/aromatic N) is 3. The largest absolute Gasteiger partial charge is 0.490 e. The number of carbonyl (C=O) groups is 1. The quantitative estimate of drug-likeness (QED) is 0.311. The minimum Gasteiger partial charge on any atom is -0.475 e. The Morgan fingerprint density at radius 2 is 1.62 bits per heavy atom. The van der Waals surface area contributed by atoms with Gasteiger partial charge in [-0.05, 0) is 56.4 Å². The second-order valence-corrected chi connectivity index (χ2v) is 9.57. The normalized spacial score (nSPS) is 11.2. The van der Waals surface area contributed by atoms with Crippen LogP contribution in [0, 0.1) is 0 Å². The predicted octanol–water partition coefficient (Wildman–Crippen LogP) is 4.61. The molecule has 1 aromatic heterocycles. The van der Waals surface area contributed by atoms with Crippen LogP contribution in [0.4, 0.5) is 41.9 Å². The summed E-state index contributed by atoms with van der Waals surface area (Å²) in [4.78, 5) is 19.6. The molecular weight excluding hydrogens is 537 g/mol. The Morgan fingerprint density at radius 3 is 2.14 bits per heavy atom. The third-order valence-corrected chi connectivity index (χ3v) is 6.39. The lowest BCUT2D eigenvalue weighted by atomic mass is 10.2. The van der Waals surface area contributed by atoms with E-state index in [0.717, 1.165) is 17.9 Å². The lowest BCUT2D eigenvalue weighted by Gasteiger charge is -2.22. The number of hydrogen-bond acceptors (Lipinski definition) is 8. The van der Waals surface area contributed by atoms with E-state index in [1.807, 2.05) is 31.0 Å². The molecular formula is C22H24ClF3N6O4S. The maximum atomic E-state index is 12.2. The molecule has 0 spiro atoms. The SMILES string of the molecule is CCN(C)c1ccc(S(=O)(=O)NC)cc1Nc1cc(Nc2ccc(Cl)cc2)ncn1.O=C(O)C(F)(F)F. The van der Waals surface area contributed by atoms with Gasteiger partial charge < -0.3 is 20.6 Å². The summed E-state index contributed by atoms with van der Waals surface area (Å²) in [6.45, 7) is 2.76. The first-order valence-corrected chi connectivity index (χ1v) is 12.3. The van der Waals surface area contributed by atoms with Crippen molar-refractivity contribution < 1.29 is 31.5 Å². The maximum absolute atomic E-state index is 12.2. The van der Waals surface area contributed by atoms with Gasteiger partial charge in [0.1, 0.15) is 18.0 Å². The van der Waals surface area contributed by atoms with Crippen LogP contribution in [0.1, 0.15) is 6.92 Å². The highest BCUT2D eigenvalue weighted by atomic mass is 35.5. The van der Waals surface area contributed by atoms with Crippen molar-refractivity contribution in [2.45, 2.75) is 18.0 Å². The molecule has 0 fully saturated rings. The highest BCUT2D eigenvalue weighted by Crippen LogP contribution is 2.31. The van der Waals surface area contributed by atoms with Gasteiger partial charge in [-0.2, -0.15) is 13.2 Å². The zero-order valence-corrected chi connectivity index (χ0v) is 21.4. The molecule has 0 aliphatic heterocycles. The number of rotatable bonds is 8. The molecule has 3 aromatic rings. The molecule has 0 atom stereocenters. The maximum Gasteiger partial charge on any atom is 0.490 e. The first kappa shape index (κ1) is 29.6. The average molecular weight is 561 g/mol. The standard InChI is InChI=1S/C20H23ClN6O2S.C2HF3O2/c1-4-27(3)18-10-9-16(30(28,29)22-2)11-17(18)26-20-12-19(23-13-24-20)25-15-7-5-14(21)6-8-15;3-2(4,5)1(6)7/h5-13,22H,4H2,1-3H3,(H2,23,24,25,26);(H,6,7). The average Bonchev–Trinajstić information content (AvgIpc) is 2.85. The molecule has 0 aliphatic carbocycles. The highest BCUT2D eigenvalue weighted by molar-refractivity contribution is 7.89. The van der Waals surface area contributed by atoms with Crippen molar-refractivity contribution in [3.63, 3.8) is 0 Å². The molecule has 0 amide bonds. The molecule has 10 nitrogen and oxygen atoms in total. The van der Waals surface area contributed by atoms with Crippen molar-refractivity contribution in [3.05, 3.63) is 59.9 Å². The van der Waals surface area contributed by atoms with Gasteiger partial charge in [-0.3, -0.25) is 0 Å². The van der Waals surface area contributed by atoms with Gasteiger partial charge in [0.15, 0.2) is 0 Å². The van der Waals surface area contributed by atoms with Crippen LogP contribution in [0.5, 0.6) is 0 Å². The Morgan fingerprint density at radius 1 is 1.05 bits per heavy atom. The second kappa shape index (κ2) is 12.6. The van der Waals surface area contributed by atoms with E-state index in [2.05, 4.69) is 25.3 Å². The van der Waals surface area contributed by atoms with Crippen molar-refractivity contribution in [3.8, 4) is 0 Å². The zero-order valence-electron chi connectivity index (χ0n) is 19.8. The van der Waals surface area contributed by atoms with Gasteiger partial charge in [0.2, 0.25) is 10.0 Å². The minimum atomic E-state index is -5.08. The van der Waals surface area contributed by atoms with E-state index < -0.39 is 22.2 Å². The van der Waals surface area contributed by atoms with Gasteiger partial charge in [-0.25, -0.2) is 27.9 Å². The van der Waals surface area contributed by atoms with Crippen molar-refractivity contribution in [1.29, 1.82) is 0 Å². The van der Waals surface area contributed by atoms with Gasteiger partial charge in [-0.15, -0.1) is 0 Å². The summed E-state index contributed by atoms with van der Waals surface area (Å²) >= 11 is 5.92. The molecule has 4 N–H and O–H groups in total. The van der Waals surface area contributed by atoms with E-state index in [1.54, 1.807) is 36.4 Å². The lowest BCUT2D eigenvalue weighted by molar-refractivity contribution is -0.192. The van der Waals surface area contributed by atoms with Crippen LogP contribution in [0.2, 0.25) is 5.02 Å². The third kappa shape index (κ3) is 8.77. The summed E-state index contributed by atoms with van der Waals surface area (Å²) < 4.78 is 58.6. The molecule has 1 heterocycles. The van der Waals surface area contributed by atoms with Crippen molar-refractivity contribution in [2.24, 2.45) is 0 Å². The Hall–Kier alpha value is -3.62. The monoisotopic (exact) mass is 560 g/mol. The summed E-state index contributed by atoms with van der Waals surface area (Å²) in [7, 11) is -0.266. The summed E-state index contributed by atoms with van der Waals surface area (Å²) in [5, 5.41) is 14.2. The first-order chi connectivity index (χ1) is 17.3. The number of carboxylic acids is 1. The number of benzene rings is 2. The second-order valence-electron chi connectivity index (χ2n) is 7.25. The van der Waals surface area contributed by atoms with Gasteiger partial charge in [0.25, 0.3) is 0 Å². The number of halogens is 4. The van der Waals surface area contributed by atoms with E-state index in [0.29, 0.717) is 22.3 Å². The van der Waals surface area contributed by atoms with E-state index >= 15 is 0 Å². The van der Waals surface area contributed by atoms with Crippen LogP contribution in [0.25, 0.3) is 0 Å². The van der Waals surface area contributed by atoms with Gasteiger partial charge in [0.05, 0.1) is 16.3 Å². The Balaban J connectivity index is 0.000000604. The summed E-state index contributed by atoms with van der Waals surface area (Å²) in [6.07, 6.45) is -3.65. The van der Waals surface area contributed by atoms with Gasteiger partial charge in [-0.1, -0.05) is 11.6 Å². The summed E-state index contributed by atoms with van der Waals surface area (Å²) in [5.41, 5.74) is 2.29. The summed E-state index contributed by atoms with van der Waals surface area (Å²) in [5.74, 6) is -1.65. The Labute approximate surface area is 216 Å². The number of aromatic nitrogens is 2. The number of alkyl halides is 3. The molecule has 3 rings (SSSR count). The van der Waals surface area contributed by atoms with E-state index in [4.69, 9.17) is 21.5 Å². The smallest absolute Gasteiger partial charge is 0.475 e. The molecule has 0 bridgehead atoms. The third-order valence-electron chi connectivity index (χ3n) is 4.72. The van der Waals surface area contributed by atoms with Gasteiger partial charge in [0, 0.05) is 30.4 Å².